The van der Waals surface area contributed by atoms with Gasteiger partial charge in [-0.05, 0) is 26.1 Å². The third kappa shape index (κ3) is 5.90. The minimum absolute atomic E-state index is 0.235. The van der Waals surface area contributed by atoms with E-state index in [4.69, 9.17) is 11.6 Å². The zero-order valence-corrected chi connectivity index (χ0v) is 27.0. The van der Waals surface area contributed by atoms with Crippen LogP contribution in [0.4, 0.5) is 11.4 Å². The lowest BCUT2D eigenvalue weighted by atomic mass is 9.98. The van der Waals surface area contributed by atoms with Gasteiger partial charge in [0.1, 0.15) is 6.07 Å². The van der Waals surface area contributed by atoms with Crippen molar-refractivity contribution < 1.29 is 14.7 Å². The number of anilines is 2. The fourth-order valence-electron chi connectivity index (χ4n) is 6.37. The fourth-order valence-corrected chi connectivity index (χ4v) is 6.65. The summed E-state index contributed by atoms with van der Waals surface area (Å²) in [5.74, 6) is -0.282. The topological polar surface area (TPSA) is 144 Å². The first-order valence-corrected chi connectivity index (χ1v) is 15.6. The predicted molar refractivity (Wildman–Crippen MR) is 175 cm³/mol. The highest BCUT2D eigenvalue weighted by molar-refractivity contribution is 6.36. The van der Waals surface area contributed by atoms with E-state index >= 15 is 0 Å². The summed E-state index contributed by atoms with van der Waals surface area (Å²) >= 11 is 6.87. The molecule has 13 heteroatoms. The maximum absolute atomic E-state index is 13.4. The van der Waals surface area contributed by atoms with E-state index in [-0.39, 0.29) is 22.2 Å². The van der Waals surface area contributed by atoms with Gasteiger partial charge in [0.2, 0.25) is 0 Å². The Labute approximate surface area is 272 Å². The van der Waals surface area contributed by atoms with Gasteiger partial charge in [-0.25, -0.2) is 9.97 Å². The van der Waals surface area contributed by atoms with Crippen LogP contribution in [0, 0.1) is 11.3 Å². The summed E-state index contributed by atoms with van der Waals surface area (Å²) in [7, 11) is 5.67. The first-order chi connectivity index (χ1) is 22.0. The van der Waals surface area contributed by atoms with Crippen LogP contribution in [0.15, 0.2) is 36.4 Å². The highest BCUT2D eigenvalue weighted by Gasteiger charge is 2.27. The number of β-amino-alcohol motifs (C(OH)–C–C–N with tert-alkyl or cyclic N) is 1. The van der Waals surface area contributed by atoms with Gasteiger partial charge in [0.15, 0.2) is 11.6 Å². The lowest BCUT2D eigenvalue weighted by Crippen LogP contribution is -2.36. The second-order valence-electron chi connectivity index (χ2n) is 12.0. The monoisotopic (exact) mass is 641 g/mol. The number of fused-ring (bicyclic) bond motifs is 2. The molecule has 2 aliphatic rings. The van der Waals surface area contributed by atoms with Gasteiger partial charge in [-0.3, -0.25) is 14.5 Å². The van der Waals surface area contributed by atoms with E-state index in [0.29, 0.717) is 42.1 Å². The van der Waals surface area contributed by atoms with Gasteiger partial charge in [-0.15, -0.1) is 0 Å². The molecule has 0 saturated heterocycles. The molecule has 0 radical (unpaired) electrons. The van der Waals surface area contributed by atoms with Crippen molar-refractivity contribution in [2.45, 2.75) is 39.0 Å². The van der Waals surface area contributed by atoms with E-state index in [1.54, 1.807) is 47.9 Å². The summed E-state index contributed by atoms with van der Waals surface area (Å²) in [5.41, 5.74) is 5.68. The quantitative estimate of drug-likeness (QED) is 0.278. The van der Waals surface area contributed by atoms with E-state index in [1.165, 1.54) is 0 Å². The average molecular weight is 642 g/mol. The van der Waals surface area contributed by atoms with Crippen molar-refractivity contribution in [2.24, 2.45) is 14.1 Å². The average Bonchev–Trinajstić information content (AvgIpc) is 3.53. The molecular weight excluding hydrogens is 606 g/mol. The first kappa shape index (κ1) is 31.4. The van der Waals surface area contributed by atoms with Crippen molar-refractivity contribution in [1.29, 1.82) is 5.26 Å². The van der Waals surface area contributed by atoms with Gasteiger partial charge in [-0.1, -0.05) is 35.9 Å². The van der Waals surface area contributed by atoms with E-state index in [0.717, 1.165) is 48.7 Å². The Balaban J connectivity index is 1.25. The number of hydrogen-bond donors (Lipinski definition) is 3. The van der Waals surface area contributed by atoms with Crippen molar-refractivity contribution in [3.63, 3.8) is 0 Å². The summed E-state index contributed by atoms with van der Waals surface area (Å²) in [4.78, 5) is 40.3. The third-order valence-corrected chi connectivity index (χ3v) is 9.08. The molecule has 2 aromatic heterocycles. The Morgan fingerprint density at radius 3 is 2.11 bits per heavy atom. The summed E-state index contributed by atoms with van der Waals surface area (Å²) in [6.07, 6.45) is 1.07. The van der Waals surface area contributed by atoms with Crippen molar-refractivity contribution in [2.75, 3.05) is 37.3 Å². The molecule has 238 valence electrons. The Bertz CT molecular complexity index is 1890. The van der Waals surface area contributed by atoms with Crippen LogP contribution in [0.5, 0.6) is 0 Å². The lowest BCUT2D eigenvalue weighted by Gasteiger charge is -2.27. The smallest absolute Gasteiger partial charge is 0.291 e. The summed E-state index contributed by atoms with van der Waals surface area (Å²) < 4.78 is 3.62. The SMILES string of the molecule is C[C@@H](O)CN1CCc2c(nc(C(=O)Nc3cccc(-c4cccc(NC(=O)c5nc6c(n5C)CCN(C)C6)c4C#N)c3Cl)n2C)C1. The number of aromatic nitrogens is 4. The molecule has 2 aliphatic heterocycles. The van der Waals surface area contributed by atoms with Gasteiger partial charge in [0, 0.05) is 82.2 Å². The molecule has 3 N–H and O–H groups in total. The number of aliphatic hydroxyl groups excluding tert-OH is 1. The highest BCUT2D eigenvalue weighted by atomic mass is 35.5. The standard InChI is InChI=1S/C33H36ClN9O3/c1-19(44)16-43-14-12-28-26(18-43)37-31(42(28)4)33(46)39-24-10-6-8-21(29(24)34)20-7-5-9-23(22(20)15-35)38-32(45)30-36-25-17-40(2)13-11-27(25)41(30)3/h5-10,19,44H,11-14,16-18H2,1-4H3,(H,38,45)(H,39,46)/t19-/m1/s1. The largest absolute Gasteiger partial charge is 0.392 e. The molecule has 0 aliphatic carbocycles. The van der Waals surface area contributed by atoms with Crippen LogP contribution in [0.1, 0.15) is 56.5 Å². The molecule has 0 saturated carbocycles. The number of aliphatic hydroxyl groups is 1. The molecular formula is C33H36ClN9O3. The molecule has 0 bridgehead atoms. The van der Waals surface area contributed by atoms with Crippen LogP contribution in [0.25, 0.3) is 11.1 Å². The number of carbonyl (C=O) groups is 2. The maximum atomic E-state index is 13.4. The Hall–Kier alpha value is -4.54. The Kier molecular flexibility index (Phi) is 8.67. The van der Waals surface area contributed by atoms with Crippen LogP contribution < -0.4 is 10.6 Å². The summed E-state index contributed by atoms with van der Waals surface area (Å²) in [5, 5.41) is 26.0. The van der Waals surface area contributed by atoms with E-state index in [9.17, 15) is 20.0 Å². The van der Waals surface area contributed by atoms with Crippen LogP contribution in [-0.2, 0) is 40.0 Å². The van der Waals surface area contributed by atoms with Gasteiger partial charge in [0.25, 0.3) is 11.8 Å². The Morgan fingerprint density at radius 1 is 0.913 bits per heavy atom. The molecule has 0 fully saturated rings. The number of nitrogens with zero attached hydrogens (tertiary/aromatic N) is 7. The van der Waals surface area contributed by atoms with E-state index in [1.807, 2.05) is 25.7 Å². The number of imidazole rings is 2. The molecule has 4 aromatic rings. The number of carbonyl (C=O) groups excluding carboxylic acids is 2. The molecule has 1 atom stereocenters. The van der Waals surface area contributed by atoms with Crippen LogP contribution in [0.2, 0.25) is 5.02 Å². The van der Waals surface area contributed by atoms with Crippen LogP contribution in [-0.4, -0.2) is 78.6 Å². The van der Waals surface area contributed by atoms with Gasteiger partial charge in [-0.2, -0.15) is 5.26 Å². The number of rotatable bonds is 7. The molecule has 0 spiro atoms. The summed E-state index contributed by atoms with van der Waals surface area (Å²) in [6.45, 7) is 5.19. The molecule has 46 heavy (non-hydrogen) atoms. The van der Waals surface area contributed by atoms with Crippen LogP contribution >= 0.6 is 11.6 Å². The molecule has 12 nitrogen and oxygen atoms in total. The third-order valence-electron chi connectivity index (χ3n) is 8.67. The van der Waals surface area contributed by atoms with Crippen molar-refractivity contribution in [3.05, 3.63) is 81.4 Å². The predicted octanol–water partition coefficient (Wildman–Crippen LogP) is 3.58. The zero-order chi connectivity index (χ0) is 32.7. The fraction of sp³-hybridized carbons (Fsp3) is 0.364. The van der Waals surface area contributed by atoms with Crippen molar-refractivity contribution in [3.8, 4) is 17.2 Å². The number of hydrogen-bond acceptors (Lipinski definition) is 8. The highest BCUT2D eigenvalue weighted by Crippen LogP contribution is 2.38. The van der Waals surface area contributed by atoms with Crippen molar-refractivity contribution in [1.82, 2.24) is 28.9 Å². The minimum atomic E-state index is -0.450. The number of nitriles is 1. The minimum Gasteiger partial charge on any atom is -0.392 e. The maximum Gasteiger partial charge on any atom is 0.291 e. The molecule has 0 unspecified atom stereocenters. The van der Waals surface area contributed by atoms with Crippen LogP contribution in [0.3, 0.4) is 0 Å². The molecule has 2 amide bonds. The first-order valence-electron chi connectivity index (χ1n) is 15.2. The van der Waals surface area contributed by atoms with Crippen molar-refractivity contribution >= 4 is 34.8 Å². The van der Waals surface area contributed by atoms with Gasteiger partial charge < -0.3 is 29.8 Å². The second-order valence-corrected chi connectivity index (χ2v) is 12.4. The Morgan fingerprint density at radius 2 is 1.48 bits per heavy atom. The lowest BCUT2D eigenvalue weighted by molar-refractivity contribution is 0.100. The molecule has 4 heterocycles. The van der Waals surface area contributed by atoms with E-state index < -0.39 is 17.9 Å². The number of benzene rings is 2. The number of amides is 2. The van der Waals surface area contributed by atoms with E-state index in [2.05, 4.69) is 36.5 Å². The second kappa shape index (κ2) is 12.7. The molecule has 2 aromatic carbocycles. The summed E-state index contributed by atoms with van der Waals surface area (Å²) in [6, 6.07) is 12.6. The molecule has 6 rings (SSSR count). The normalized spacial score (nSPS) is 15.5. The number of halogens is 1. The zero-order valence-electron chi connectivity index (χ0n) is 26.3. The van der Waals surface area contributed by atoms with Gasteiger partial charge in [0.05, 0.1) is 39.5 Å². The number of likely N-dealkylation sites (N-methyl/N-ethyl adjacent to an activating group) is 1. The number of nitrogens with one attached hydrogen (secondary N) is 2. The van der Waals surface area contributed by atoms with Gasteiger partial charge >= 0.3 is 0 Å².